The molecule has 1 atom stereocenters. The summed E-state index contributed by atoms with van der Waals surface area (Å²) in [6.07, 6.45) is 1.17. The predicted molar refractivity (Wildman–Crippen MR) is 162 cm³/mol. The highest BCUT2D eigenvalue weighted by atomic mass is 32.2. The molecule has 3 aromatic carbocycles. The monoisotopic (exact) mass is 520 g/mol. The lowest BCUT2D eigenvalue weighted by Gasteiger charge is -2.36. The van der Waals surface area contributed by atoms with Crippen LogP contribution in [0.15, 0.2) is 64.1 Å². The average Bonchev–Trinajstić information content (AvgIpc) is 3.48. The summed E-state index contributed by atoms with van der Waals surface area (Å²) in [5, 5.41) is 17.2. The molecule has 0 spiro atoms. The first-order valence-electron chi connectivity index (χ1n) is 11.8. The van der Waals surface area contributed by atoms with Gasteiger partial charge >= 0.3 is 0 Å². The number of fused-ring (bicyclic) bond motifs is 2. The van der Waals surface area contributed by atoms with Gasteiger partial charge in [0.05, 0.1) is 8.47 Å². The van der Waals surface area contributed by atoms with E-state index >= 15 is 0 Å². The Morgan fingerprint density at radius 1 is 0.618 bits per heavy atom. The van der Waals surface area contributed by atoms with E-state index in [9.17, 15) is 0 Å². The van der Waals surface area contributed by atoms with Crippen molar-refractivity contribution in [1.29, 1.82) is 0 Å². The zero-order valence-electron chi connectivity index (χ0n) is 20.8. The van der Waals surface area contributed by atoms with Crippen LogP contribution in [0.3, 0.4) is 0 Å². The molecule has 4 heteroatoms. The number of thioether (sulfide) groups is 4. The molecule has 0 aliphatic carbocycles. The van der Waals surface area contributed by atoms with E-state index in [2.05, 4.69) is 106 Å². The molecule has 0 amide bonds. The van der Waals surface area contributed by atoms with Crippen molar-refractivity contribution in [1.82, 2.24) is 0 Å². The van der Waals surface area contributed by atoms with Crippen molar-refractivity contribution in [2.24, 2.45) is 10.8 Å². The molecule has 34 heavy (non-hydrogen) atoms. The topological polar surface area (TPSA) is 0 Å². The minimum Gasteiger partial charge on any atom is -0.0895 e. The van der Waals surface area contributed by atoms with Gasteiger partial charge < -0.3 is 0 Å². The molecule has 0 nitrogen and oxygen atoms in total. The summed E-state index contributed by atoms with van der Waals surface area (Å²) in [6, 6.07) is 16.4. The smallest absolute Gasteiger partial charge is 0.0571 e. The van der Waals surface area contributed by atoms with Gasteiger partial charge in [-0.25, -0.2) is 0 Å². The van der Waals surface area contributed by atoms with E-state index in [1.165, 1.54) is 52.4 Å². The van der Waals surface area contributed by atoms with Crippen molar-refractivity contribution in [3.8, 4) is 0 Å². The summed E-state index contributed by atoms with van der Waals surface area (Å²) in [5.41, 5.74) is 1.94. The predicted octanol–water partition coefficient (Wildman–Crippen LogP) is 9.59. The van der Waals surface area contributed by atoms with Gasteiger partial charge in [0, 0.05) is 10.4 Å². The van der Waals surface area contributed by atoms with Crippen LogP contribution in [-0.4, -0.2) is 0 Å². The molecule has 176 valence electrons. The van der Waals surface area contributed by atoms with E-state index in [0.29, 0.717) is 5.92 Å². The van der Waals surface area contributed by atoms with Crippen LogP contribution in [0, 0.1) is 10.8 Å². The summed E-state index contributed by atoms with van der Waals surface area (Å²) >= 11 is 7.44. The number of hydrogen-bond acceptors (Lipinski definition) is 4. The number of benzene rings is 3. The van der Waals surface area contributed by atoms with E-state index in [-0.39, 0.29) is 10.8 Å². The third-order valence-corrected chi connectivity index (χ3v) is 10.8. The second kappa shape index (κ2) is 9.35. The fraction of sp³-hybridized carbons (Fsp3) is 0.333. The molecule has 0 aromatic heterocycles. The molecule has 0 fully saturated rings. The Kier molecular flexibility index (Phi) is 6.74. The van der Waals surface area contributed by atoms with E-state index < -0.39 is 0 Å². The van der Waals surface area contributed by atoms with Crippen LogP contribution >= 0.6 is 47.0 Å². The van der Waals surface area contributed by atoms with Crippen molar-refractivity contribution in [3.05, 3.63) is 80.1 Å². The van der Waals surface area contributed by atoms with Gasteiger partial charge in [-0.2, -0.15) is 0 Å². The van der Waals surface area contributed by atoms with Crippen molar-refractivity contribution in [2.45, 2.75) is 53.9 Å². The molecular weight excluding hydrogens is 489 g/mol. The molecule has 5 rings (SSSR count). The normalized spacial score (nSPS) is 17.5. The Hall–Kier alpha value is -1.20. The lowest BCUT2D eigenvalue weighted by Crippen LogP contribution is -2.24. The van der Waals surface area contributed by atoms with Crippen molar-refractivity contribution >= 4 is 77.1 Å². The third-order valence-electron chi connectivity index (χ3n) is 6.53. The van der Waals surface area contributed by atoms with E-state index in [1.807, 2.05) is 47.0 Å². The third kappa shape index (κ3) is 4.76. The van der Waals surface area contributed by atoms with Gasteiger partial charge in [-0.3, -0.25) is 0 Å². The fourth-order valence-electron chi connectivity index (χ4n) is 5.04. The van der Waals surface area contributed by atoms with Gasteiger partial charge in [0.15, 0.2) is 0 Å². The van der Waals surface area contributed by atoms with Crippen LogP contribution in [0.4, 0.5) is 0 Å². The zero-order valence-corrected chi connectivity index (χ0v) is 24.0. The minimum atomic E-state index is 0.197. The maximum Gasteiger partial charge on any atom is 0.0571 e. The number of rotatable bonds is 2. The van der Waals surface area contributed by atoms with Crippen LogP contribution in [-0.2, 0) is 0 Å². The Balaban J connectivity index is 1.92. The summed E-state index contributed by atoms with van der Waals surface area (Å²) in [4.78, 5) is 0. The molecule has 0 saturated carbocycles. The zero-order chi connectivity index (χ0) is 24.1. The lowest BCUT2D eigenvalue weighted by molar-refractivity contribution is 0.229. The van der Waals surface area contributed by atoms with Crippen LogP contribution < -0.4 is 10.4 Å². The molecule has 0 N–H and O–H groups in total. The van der Waals surface area contributed by atoms with E-state index in [0.717, 1.165) is 0 Å². The molecule has 0 radical (unpaired) electrons. The van der Waals surface area contributed by atoms with Gasteiger partial charge in [0.25, 0.3) is 0 Å². The summed E-state index contributed by atoms with van der Waals surface area (Å²) in [5.74, 6) is 0.497. The second-order valence-corrected chi connectivity index (χ2v) is 15.6. The SMILES string of the molecule is CC(C)(C)CC(c1ccc2c(=C3SC=CS3)c3ccccc3c(=C3SC=CS3)c2c1)C(C)(C)C. The van der Waals surface area contributed by atoms with Crippen LogP contribution in [0.5, 0.6) is 0 Å². The Bertz CT molecular complexity index is 1430. The molecule has 0 bridgehead atoms. The first kappa shape index (κ1) is 24.5. The molecule has 2 aliphatic heterocycles. The largest absolute Gasteiger partial charge is 0.0895 e. The first-order chi connectivity index (χ1) is 16.1. The quantitative estimate of drug-likeness (QED) is 0.308. The van der Waals surface area contributed by atoms with Crippen molar-refractivity contribution in [2.75, 3.05) is 0 Å². The van der Waals surface area contributed by atoms with Gasteiger partial charge in [-0.05, 0) is 71.9 Å². The van der Waals surface area contributed by atoms with Gasteiger partial charge in [-0.15, -0.1) is 0 Å². The highest BCUT2D eigenvalue weighted by Gasteiger charge is 2.31. The minimum absolute atomic E-state index is 0.197. The highest BCUT2D eigenvalue weighted by Crippen LogP contribution is 2.45. The molecule has 2 aliphatic rings. The van der Waals surface area contributed by atoms with E-state index in [1.54, 1.807) is 0 Å². The van der Waals surface area contributed by atoms with Crippen LogP contribution in [0.2, 0.25) is 0 Å². The van der Waals surface area contributed by atoms with Gasteiger partial charge in [0.2, 0.25) is 0 Å². The highest BCUT2D eigenvalue weighted by molar-refractivity contribution is 8.35. The molecule has 3 aromatic rings. The van der Waals surface area contributed by atoms with Crippen LogP contribution in [0.25, 0.3) is 30.0 Å². The van der Waals surface area contributed by atoms with Crippen molar-refractivity contribution < 1.29 is 0 Å². The maximum absolute atomic E-state index is 2.53. The lowest BCUT2D eigenvalue weighted by atomic mass is 9.69. The molecule has 1 unspecified atom stereocenters. The van der Waals surface area contributed by atoms with E-state index in [4.69, 9.17) is 0 Å². The standard InChI is InChI=1S/C30H32S4/c1-29(2,3)18-24(30(4,5)6)19-11-12-22-23(17-19)26(28-33-15-16-34-28)21-10-8-7-9-20(21)25(22)27-31-13-14-32-27/h7-17,24H,18H2,1-6H3. The maximum atomic E-state index is 2.53. The molecular formula is C30H32S4. The summed E-state index contributed by atoms with van der Waals surface area (Å²) in [7, 11) is 0. The Morgan fingerprint density at radius 3 is 1.56 bits per heavy atom. The second-order valence-electron chi connectivity index (χ2n) is 11.4. The average molecular weight is 521 g/mol. The van der Waals surface area contributed by atoms with Crippen LogP contribution in [0.1, 0.15) is 59.4 Å². The van der Waals surface area contributed by atoms with Crippen molar-refractivity contribution in [3.63, 3.8) is 0 Å². The summed E-state index contributed by atoms with van der Waals surface area (Å²) in [6.45, 7) is 14.3. The van der Waals surface area contributed by atoms with Gasteiger partial charge in [-0.1, -0.05) is 131 Å². The molecule has 0 saturated heterocycles. The summed E-state index contributed by atoms with van der Waals surface area (Å²) < 4.78 is 2.78. The Labute approximate surface area is 220 Å². The molecule has 2 heterocycles. The first-order valence-corrected chi connectivity index (χ1v) is 15.3. The number of hydrogen-bond donors (Lipinski definition) is 0. The fourth-order valence-corrected chi connectivity index (χ4v) is 8.88. The Morgan fingerprint density at radius 2 is 1.09 bits per heavy atom. The van der Waals surface area contributed by atoms with Gasteiger partial charge in [0.1, 0.15) is 0 Å².